The molecule has 1 N–H and O–H groups in total. The number of nitrogens with zero attached hydrogens (tertiary/aromatic N) is 4. The molecule has 0 aromatic rings. The van der Waals surface area contributed by atoms with Crippen molar-refractivity contribution in [3.63, 3.8) is 0 Å². The number of Topliss-reactive ketones (excluding diaryl/α,β-unsaturated/α-hetero) is 3. The molecule has 3 aliphatic rings. The molecule has 3 fully saturated rings. The minimum absolute atomic E-state index is 0. The Bertz CT molecular complexity index is 612. The lowest BCUT2D eigenvalue weighted by Crippen LogP contribution is -2.46. The molecule has 3 heterocycles. The van der Waals surface area contributed by atoms with E-state index in [-0.39, 0.29) is 25.2 Å². The predicted octanol–water partition coefficient (Wildman–Crippen LogP) is 2.91. The molecule has 0 spiro atoms. The van der Waals surface area contributed by atoms with Crippen LogP contribution in [0.4, 0.5) is 0 Å². The number of nitrogens with one attached hydrogen (secondary N) is 1. The van der Waals surface area contributed by atoms with Crippen molar-refractivity contribution in [2.24, 2.45) is 17.8 Å². The summed E-state index contributed by atoms with van der Waals surface area (Å²) in [5, 5.41) is 3.26. The van der Waals surface area contributed by atoms with Gasteiger partial charge in [0, 0.05) is 70.1 Å². The first-order valence-corrected chi connectivity index (χ1v) is 14.6. The molecule has 0 saturated carbocycles. The number of likely N-dealkylation sites (N-methyl/N-ethyl adjacent to an activating group) is 1. The first kappa shape index (κ1) is 36.8. The maximum absolute atomic E-state index is 11.4. The molecule has 0 aliphatic carbocycles. The molecule has 8 heteroatoms. The van der Waals surface area contributed by atoms with Gasteiger partial charge in [-0.15, -0.1) is 0 Å². The molecule has 0 aromatic carbocycles. The average molecular weight is 540 g/mol. The molecular weight excluding hydrogens is 478 g/mol. The fraction of sp³-hybridized carbons (Fsp3) is 0.900. The van der Waals surface area contributed by atoms with Gasteiger partial charge in [0.15, 0.2) is 0 Å². The van der Waals surface area contributed by atoms with Crippen molar-refractivity contribution in [1.82, 2.24) is 24.9 Å². The number of ketones is 3. The zero-order chi connectivity index (χ0) is 27.8. The maximum Gasteiger partial charge on any atom is 0.149 e. The van der Waals surface area contributed by atoms with Crippen LogP contribution >= 0.6 is 0 Å². The van der Waals surface area contributed by atoms with Crippen LogP contribution in [0.2, 0.25) is 0 Å². The summed E-state index contributed by atoms with van der Waals surface area (Å²) in [6.07, 6.45) is 3.88. The molecule has 8 nitrogen and oxygen atoms in total. The van der Waals surface area contributed by atoms with Gasteiger partial charge in [-0.2, -0.15) is 0 Å². The van der Waals surface area contributed by atoms with Gasteiger partial charge in [-0.3, -0.25) is 29.1 Å². The Balaban J connectivity index is 0.000000534. The summed E-state index contributed by atoms with van der Waals surface area (Å²) in [5.74, 6) is 1.67. The zero-order valence-electron chi connectivity index (χ0n) is 25.1. The van der Waals surface area contributed by atoms with Gasteiger partial charge >= 0.3 is 0 Å². The van der Waals surface area contributed by atoms with Crippen LogP contribution in [-0.4, -0.2) is 129 Å². The predicted molar refractivity (Wildman–Crippen MR) is 160 cm³/mol. The summed E-state index contributed by atoms with van der Waals surface area (Å²) in [5.41, 5.74) is 0. The van der Waals surface area contributed by atoms with Crippen molar-refractivity contribution in [2.75, 3.05) is 92.1 Å². The Morgan fingerprint density at radius 1 is 0.553 bits per heavy atom. The Kier molecular flexibility index (Phi) is 20.0. The van der Waals surface area contributed by atoms with E-state index in [2.05, 4.69) is 32.0 Å². The molecule has 3 rings (SSSR count). The first-order valence-electron chi connectivity index (χ1n) is 14.6. The summed E-state index contributed by atoms with van der Waals surface area (Å²) in [4.78, 5) is 43.2. The Labute approximate surface area is 234 Å². The van der Waals surface area contributed by atoms with Crippen LogP contribution in [0.15, 0.2) is 0 Å². The standard InChI is InChI=1S/C10H20N2O.C10H19NO.C9H18N2O.CH4/c1-9(2)10(13)8-12-6-4-11(3)5-7-12;1-9(2)10(12)8-11-6-4-3-5-7-11;1-8(2)9(12)7-11-5-3-10-4-6-11;/h9H,4-8H2,1-3H3;9H,3-8H2,1-2H3;8,10H,3-7H2,1-2H3;1H4. The van der Waals surface area contributed by atoms with Crippen LogP contribution in [0.1, 0.15) is 68.2 Å². The summed E-state index contributed by atoms with van der Waals surface area (Å²) in [6, 6.07) is 0. The van der Waals surface area contributed by atoms with Gasteiger partial charge in [-0.1, -0.05) is 55.4 Å². The van der Waals surface area contributed by atoms with Crippen LogP contribution in [0.3, 0.4) is 0 Å². The summed E-state index contributed by atoms with van der Waals surface area (Å²) in [6.45, 7) is 24.3. The van der Waals surface area contributed by atoms with E-state index in [1.807, 2.05) is 41.5 Å². The van der Waals surface area contributed by atoms with E-state index < -0.39 is 0 Å². The SMILES string of the molecule is C.CC(C)C(=O)CN1CCCCC1.CC(C)C(=O)CN1CCN(C)CC1.CC(C)C(=O)CN1CCNCC1. The lowest BCUT2D eigenvalue weighted by Gasteiger charge is -2.32. The molecule has 0 unspecified atom stereocenters. The number of hydrogen-bond acceptors (Lipinski definition) is 8. The quantitative estimate of drug-likeness (QED) is 0.479. The fourth-order valence-corrected chi connectivity index (χ4v) is 4.20. The second-order valence-electron chi connectivity index (χ2n) is 11.8. The van der Waals surface area contributed by atoms with Crippen LogP contribution in [0.5, 0.6) is 0 Å². The number of piperidine rings is 1. The highest BCUT2D eigenvalue weighted by Gasteiger charge is 2.18. The highest BCUT2D eigenvalue weighted by Crippen LogP contribution is 2.09. The van der Waals surface area contributed by atoms with Crippen molar-refractivity contribution in [3.8, 4) is 0 Å². The number of rotatable bonds is 9. The van der Waals surface area contributed by atoms with Crippen molar-refractivity contribution in [2.45, 2.75) is 68.2 Å². The molecule has 3 aliphatic heterocycles. The van der Waals surface area contributed by atoms with Crippen LogP contribution in [0.25, 0.3) is 0 Å². The van der Waals surface area contributed by atoms with E-state index in [1.165, 1.54) is 19.3 Å². The van der Waals surface area contributed by atoms with Gasteiger partial charge in [-0.05, 0) is 33.0 Å². The minimum atomic E-state index is 0. The normalized spacial score (nSPS) is 19.7. The van der Waals surface area contributed by atoms with E-state index in [9.17, 15) is 14.4 Å². The smallest absolute Gasteiger partial charge is 0.149 e. The van der Waals surface area contributed by atoms with Gasteiger partial charge in [0.1, 0.15) is 17.3 Å². The van der Waals surface area contributed by atoms with Crippen molar-refractivity contribution < 1.29 is 14.4 Å². The van der Waals surface area contributed by atoms with Crippen molar-refractivity contribution in [3.05, 3.63) is 0 Å². The van der Waals surface area contributed by atoms with Crippen LogP contribution in [-0.2, 0) is 14.4 Å². The van der Waals surface area contributed by atoms with Crippen molar-refractivity contribution in [1.29, 1.82) is 0 Å². The molecule has 38 heavy (non-hydrogen) atoms. The number of carbonyl (C=O) groups excluding carboxylic acids is 3. The summed E-state index contributed by atoms with van der Waals surface area (Å²) in [7, 11) is 2.13. The van der Waals surface area contributed by atoms with E-state index in [0.29, 0.717) is 37.0 Å². The topological polar surface area (TPSA) is 76.2 Å². The van der Waals surface area contributed by atoms with Crippen LogP contribution in [0, 0.1) is 17.8 Å². The highest BCUT2D eigenvalue weighted by molar-refractivity contribution is 5.83. The molecule has 0 radical (unpaired) electrons. The Morgan fingerprint density at radius 2 is 0.895 bits per heavy atom. The molecule has 0 amide bonds. The Hall–Kier alpha value is -1.19. The fourth-order valence-electron chi connectivity index (χ4n) is 4.20. The maximum atomic E-state index is 11.4. The second kappa shape index (κ2) is 20.7. The zero-order valence-corrected chi connectivity index (χ0v) is 25.1. The van der Waals surface area contributed by atoms with Crippen LogP contribution < -0.4 is 5.32 Å². The number of carbonyl (C=O) groups is 3. The molecule has 0 atom stereocenters. The number of hydrogen-bond donors (Lipinski definition) is 1. The molecule has 224 valence electrons. The number of likely N-dealkylation sites (tertiary alicyclic amines) is 1. The average Bonchev–Trinajstić information content (AvgIpc) is 2.87. The molecule has 0 aromatic heterocycles. The lowest BCUT2D eigenvalue weighted by molar-refractivity contribution is -0.124. The third-order valence-electron chi connectivity index (χ3n) is 7.32. The number of piperazine rings is 2. The van der Waals surface area contributed by atoms with Crippen molar-refractivity contribution >= 4 is 17.3 Å². The largest absolute Gasteiger partial charge is 0.314 e. The highest BCUT2D eigenvalue weighted by atomic mass is 16.1. The molecule has 0 bridgehead atoms. The lowest BCUT2D eigenvalue weighted by atomic mass is 10.1. The third-order valence-corrected chi connectivity index (χ3v) is 7.32. The van der Waals surface area contributed by atoms with Gasteiger partial charge in [0.2, 0.25) is 0 Å². The van der Waals surface area contributed by atoms with E-state index in [1.54, 1.807) is 0 Å². The van der Waals surface area contributed by atoms with E-state index >= 15 is 0 Å². The van der Waals surface area contributed by atoms with Gasteiger partial charge in [-0.25, -0.2) is 0 Å². The van der Waals surface area contributed by atoms with Gasteiger partial charge in [0.25, 0.3) is 0 Å². The monoisotopic (exact) mass is 539 g/mol. The molecule has 3 saturated heterocycles. The Morgan fingerprint density at radius 3 is 1.26 bits per heavy atom. The van der Waals surface area contributed by atoms with E-state index in [0.717, 1.165) is 65.4 Å². The van der Waals surface area contributed by atoms with Gasteiger partial charge in [0.05, 0.1) is 19.6 Å². The minimum Gasteiger partial charge on any atom is -0.314 e. The van der Waals surface area contributed by atoms with Gasteiger partial charge < -0.3 is 10.2 Å². The summed E-state index contributed by atoms with van der Waals surface area (Å²) >= 11 is 0. The molecular formula is C30H61N5O3. The summed E-state index contributed by atoms with van der Waals surface area (Å²) < 4.78 is 0. The first-order chi connectivity index (χ1) is 17.5. The third kappa shape index (κ3) is 16.7. The second-order valence-corrected chi connectivity index (χ2v) is 11.8. The van der Waals surface area contributed by atoms with E-state index in [4.69, 9.17) is 0 Å².